The van der Waals surface area contributed by atoms with E-state index in [-0.39, 0.29) is 16.8 Å². The van der Waals surface area contributed by atoms with Crippen molar-refractivity contribution in [3.8, 4) is 0 Å². The maximum absolute atomic E-state index is 12.7. The predicted octanol–water partition coefficient (Wildman–Crippen LogP) is 0.991. The summed E-state index contributed by atoms with van der Waals surface area (Å²) in [4.78, 5) is 14.5. The van der Waals surface area contributed by atoms with Crippen LogP contribution in [-0.2, 0) is 16.4 Å². The molecule has 2 aromatic carbocycles. The first-order valence-electron chi connectivity index (χ1n) is 8.13. The number of sulfonamides is 1. The van der Waals surface area contributed by atoms with Gasteiger partial charge in [-0.2, -0.15) is 0 Å². The van der Waals surface area contributed by atoms with E-state index in [4.69, 9.17) is 5.14 Å². The Morgan fingerprint density at radius 3 is 2.44 bits per heavy atom. The summed E-state index contributed by atoms with van der Waals surface area (Å²) in [5, 5.41) is 8.53. The molecule has 0 bridgehead atoms. The molecule has 0 aliphatic carbocycles. The normalized spacial score (nSPS) is 18.1. The molecule has 0 aromatic heterocycles. The van der Waals surface area contributed by atoms with Gasteiger partial charge in [-0.05, 0) is 36.2 Å². The second-order valence-corrected chi connectivity index (χ2v) is 7.72. The van der Waals surface area contributed by atoms with Crippen molar-refractivity contribution in [1.82, 2.24) is 10.2 Å². The lowest BCUT2D eigenvalue weighted by atomic mass is 10.0. The van der Waals surface area contributed by atoms with Crippen molar-refractivity contribution < 1.29 is 13.2 Å². The molecule has 1 aliphatic heterocycles. The van der Waals surface area contributed by atoms with Gasteiger partial charge in [0.25, 0.3) is 5.91 Å². The van der Waals surface area contributed by atoms with Crippen LogP contribution in [0.5, 0.6) is 0 Å². The molecule has 1 aliphatic rings. The van der Waals surface area contributed by atoms with Crippen LogP contribution in [0.15, 0.2) is 59.5 Å². The molecule has 1 amide bonds. The quantitative estimate of drug-likeness (QED) is 0.851. The zero-order valence-corrected chi connectivity index (χ0v) is 14.6. The van der Waals surface area contributed by atoms with Crippen LogP contribution >= 0.6 is 0 Å². The maximum Gasteiger partial charge on any atom is 0.253 e. The Bertz CT molecular complexity index is 836. The minimum absolute atomic E-state index is 0.00585. The van der Waals surface area contributed by atoms with Gasteiger partial charge in [-0.3, -0.25) is 4.79 Å². The molecular weight excluding hydrogens is 338 g/mol. The zero-order chi connectivity index (χ0) is 17.9. The Morgan fingerprint density at radius 2 is 1.80 bits per heavy atom. The molecule has 1 fully saturated rings. The Kier molecular flexibility index (Phi) is 5.17. The first-order chi connectivity index (χ1) is 11.9. The van der Waals surface area contributed by atoms with Crippen LogP contribution < -0.4 is 10.5 Å². The third-order valence-electron chi connectivity index (χ3n) is 4.30. The summed E-state index contributed by atoms with van der Waals surface area (Å²) >= 11 is 0. The molecule has 1 saturated heterocycles. The van der Waals surface area contributed by atoms with Crippen molar-refractivity contribution in [2.75, 3.05) is 19.6 Å². The Morgan fingerprint density at radius 1 is 1.12 bits per heavy atom. The van der Waals surface area contributed by atoms with Crippen LogP contribution in [-0.4, -0.2) is 44.9 Å². The predicted molar refractivity (Wildman–Crippen MR) is 95.7 cm³/mol. The first kappa shape index (κ1) is 17.6. The van der Waals surface area contributed by atoms with E-state index in [0.29, 0.717) is 18.7 Å². The number of hydrogen-bond acceptors (Lipinski definition) is 4. The van der Waals surface area contributed by atoms with E-state index in [2.05, 4.69) is 17.4 Å². The summed E-state index contributed by atoms with van der Waals surface area (Å²) in [5.74, 6) is -0.0967. The van der Waals surface area contributed by atoms with Gasteiger partial charge in [0.15, 0.2) is 0 Å². The number of amides is 1. The smallest absolute Gasteiger partial charge is 0.253 e. The van der Waals surface area contributed by atoms with E-state index in [0.717, 1.165) is 13.0 Å². The maximum atomic E-state index is 12.7. The molecule has 0 saturated carbocycles. The van der Waals surface area contributed by atoms with E-state index in [1.807, 2.05) is 18.2 Å². The van der Waals surface area contributed by atoms with Crippen molar-refractivity contribution in [3.05, 3.63) is 65.7 Å². The topological polar surface area (TPSA) is 92.5 Å². The summed E-state index contributed by atoms with van der Waals surface area (Å²) in [6, 6.07) is 16.1. The Hall–Kier alpha value is -2.22. The lowest BCUT2D eigenvalue weighted by molar-refractivity contribution is 0.0703. The van der Waals surface area contributed by atoms with E-state index in [9.17, 15) is 13.2 Å². The molecule has 0 radical (unpaired) electrons. The fourth-order valence-electron chi connectivity index (χ4n) is 3.02. The van der Waals surface area contributed by atoms with Gasteiger partial charge < -0.3 is 10.2 Å². The van der Waals surface area contributed by atoms with Gasteiger partial charge in [-0.25, -0.2) is 13.6 Å². The lowest BCUT2D eigenvalue weighted by Gasteiger charge is -2.34. The number of nitrogens with one attached hydrogen (secondary N) is 1. The largest absolute Gasteiger partial charge is 0.336 e. The lowest BCUT2D eigenvalue weighted by Crippen LogP contribution is -2.53. The van der Waals surface area contributed by atoms with Gasteiger partial charge >= 0.3 is 0 Å². The highest BCUT2D eigenvalue weighted by molar-refractivity contribution is 7.89. The van der Waals surface area contributed by atoms with Crippen molar-refractivity contribution in [3.63, 3.8) is 0 Å². The number of nitrogens with zero attached hydrogens (tertiary/aromatic N) is 1. The number of nitrogens with two attached hydrogens (primary N) is 1. The van der Waals surface area contributed by atoms with E-state index in [1.54, 1.807) is 4.90 Å². The number of rotatable bonds is 4. The zero-order valence-electron chi connectivity index (χ0n) is 13.8. The van der Waals surface area contributed by atoms with Gasteiger partial charge in [0.1, 0.15) is 0 Å². The molecule has 3 N–H and O–H groups in total. The van der Waals surface area contributed by atoms with Crippen LogP contribution in [0.4, 0.5) is 0 Å². The second kappa shape index (κ2) is 7.35. The average molecular weight is 359 g/mol. The van der Waals surface area contributed by atoms with Crippen LogP contribution in [0.2, 0.25) is 0 Å². The summed E-state index contributed by atoms with van der Waals surface area (Å²) < 4.78 is 22.6. The third-order valence-corrected chi connectivity index (χ3v) is 5.23. The molecule has 0 unspecified atom stereocenters. The molecular formula is C18H21N3O3S. The highest BCUT2D eigenvalue weighted by Gasteiger charge is 2.24. The van der Waals surface area contributed by atoms with Crippen molar-refractivity contribution in [2.45, 2.75) is 17.4 Å². The van der Waals surface area contributed by atoms with E-state index in [1.165, 1.54) is 29.8 Å². The van der Waals surface area contributed by atoms with Gasteiger partial charge in [0, 0.05) is 31.2 Å². The van der Waals surface area contributed by atoms with Crippen molar-refractivity contribution in [2.24, 2.45) is 5.14 Å². The first-order valence-corrected chi connectivity index (χ1v) is 9.67. The van der Waals surface area contributed by atoms with Gasteiger partial charge in [-0.1, -0.05) is 30.3 Å². The molecule has 1 atom stereocenters. The molecule has 132 valence electrons. The number of hydrogen-bond donors (Lipinski definition) is 2. The number of carbonyl (C=O) groups is 1. The standard InChI is InChI=1S/C18H21N3O3S/c19-25(23,24)17-8-6-15(7-9-17)18(22)21-11-10-20-16(13-21)12-14-4-2-1-3-5-14/h1-9,16,20H,10-13H2,(H2,19,23,24)/t16-/m0/s1. The Balaban J connectivity index is 1.67. The highest BCUT2D eigenvalue weighted by Crippen LogP contribution is 2.14. The minimum Gasteiger partial charge on any atom is -0.336 e. The summed E-state index contributed by atoms with van der Waals surface area (Å²) in [7, 11) is -3.75. The van der Waals surface area contributed by atoms with Crippen LogP contribution in [0.1, 0.15) is 15.9 Å². The molecule has 0 spiro atoms. The van der Waals surface area contributed by atoms with Crippen LogP contribution in [0.3, 0.4) is 0 Å². The van der Waals surface area contributed by atoms with Crippen LogP contribution in [0.25, 0.3) is 0 Å². The summed E-state index contributed by atoms with van der Waals surface area (Å²) in [6.45, 7) is 1.98. The molecule has 2 aromatic rings. The summed E-state index contributed by atoms with van der Waals surface area (Å²) in [6.07, 6.45) is 0.856. The molecule has 6 nitrogen and oxygen atoms in total. The SMILES string of the molecule is NS(=O)(=O)c1ccc(C(=O)N2CCN[C@@H](Cc3ccccc3)C2)cc1. The van der Waals surface area contributed by atoms with Crippen molar-refractivity contribution >= 4 is 15.9 Å². The summed E-state index contributed by atoms with van der Waals surface area (Å²) in [5.41, 5.74) is 1.69. The monoisotopic (exact) mass is 359 g/mol. The third kappa shape index (κ3) is 4.45. The van der Waals surface area contributed by atoms with Gasteiger partial charge in [0.2, 0.25) is 10.0 Å². The molecule has 7 heteroatoms. The fourth-order valence-corrected chi connectivity index (χ4v) is 3.53. The molecule has 25 heavy (non-hydrogen) atoms. The fraction of sp³-hybridized carbons (Fsp3) is 0.278. The second-order valence-electron chi connectivity index (χ2n) is 6.16. The van der Waals surface area contributed by atoms with Crippen molar-refractivity contribution in [1.29, 1.82) is 0 Å². The molecule has 3 rings (SSSR count). The number of carbonyl (C=O) groups excluding carboxylic acids is 1. The highest BCUT2D eigenvalue weighted by atomic mass is 32.2. The average Bonchev–Trinajstić information content (AvgIpc) is 2.61. The number of piperazine rings is 1. The number of benzene rings is 2. The van der Waals surface area contributed by atoms with Crippen LogP contribution in [0, 0.1) is 0 Å². The van der Waals surface area contributed by atoms with E-state index < -0.39 is 10.0 Å². The Labute approximate surface area is 147 Å². The number of primary sulfonamides is 1. The van der Waals surface area contributed by atoms with Gasteiger partial charge in [0.05, 0.1) is 4.90 Å². The van der Waals surface area contributed by atoms with Gasteiger partial charge in [-0.15, -0.1) is 0 Å². The minimum atomic E-state index is -3.75. The van der Waals surface area contributed by atoms with E-state index >= 15 is 0 Å². The molecule has 1 heterocycles.